The zero-order valence-electron chi connectivity index (χ0n) is 8.61. The molecule has 0 unspecified atom stereocenters. The van der Waals surface area contributed by atoms with Gasteiger partial charge >= 0.3 is 6.18 Å². The number of hydrazine groups is 1. The maximum atomic E-state index is 12.8. The van der Waals surface area contributed by atoms with Crippen LogP contribution < -0.4 is 11.3 Å². The fourth-order valence-electron chi connectivity index (χ4n) is 1.51. The summed E-state index contributed by atoms with van der Waals surface area (Å²) in [5.74, 6) is 4.24. The number of nitrogens with two attached hydrogens (primary N) is 1. The Morgan fingerprint density at radius 1 is 1.38 bits per heavy atom. The molecule has 1 atom stereocenters. The van der Waals surface area contributed by atoms with Crippen LogP contribution in [0.5, 0.6) is 0 Å². The highest BCUT2D eigenvalue weighted by molar-refractivity contribution is 5.33. The van der Waals surface area contributed by atoms with Gasteiger partial charge in [-0.2, -0.15) is 13.2 Å². The largest absolute Gasteiger partial charge is 0.416 e. The third kappa shape index (κ3) is 2.70. The van der Waals surface area contributed by atoms with Crippen LogP contribution >= 0.6 is 0 Å². The van der Waals surface area contributed by atoms with Crippen LogP contribution in [0.15, 0.2) is 18.2 Å². The number of rotatable bonds is 3. The van der Waals surface area contributed by atoms with Crippen LogP contribution in [0.4, 0.5) is 17.6 Å². The first-order valence-corrected chi connectivity index (χ1v) is 4.73. The molecule has 0 saturated heterocycles. The summed E-state index contributed by atoms with van der Waals surface area (Å²) in [7, 11) is 0. The molecule has 0 radical (unpaired) electrons. The summed E-state index contributed by atoms with van der Waals surface area (Å²) in [6.45, 7) is 1.69. The van der Waals surface area contributed by atoms with Crippen LogP contribution in [0.3, 0.4) is 0 Å². The molecule has 6 heteroatoms. The summed E-state index contributed by atoms with van der Waals surface area (Å²) in [5, 5.41) is 0. The van der Waals surface area contributed by atoms with Crippen molar-refractivity contribution in [3.63, 3.8) is 0 Å². The van der Waals surface area contributed by atoms with E-state index >= 15 is 0 Å². The van der Waals surface area contributed by atoms with Crippen molar-refractivity contribution in [1.82, 2.24) is 5.43 Å². The van der Waals surface area contributed by atoms with E-state index in [0.29, 0.717) is 12.5 Å². The maximum Gasteiger partial charge on any atom is 0.416 e. The highest BCUT2D eigenvalue weighted by Crippen LogP contribution is 2.35. The number of nitrogens with one attached hydrogen (secondary N) is 1. The first-order chi connectivity index (χ1) is 7.40. The monoisotopic (exact) mass is 236 g/mol. The van der Waals surface area contributed by atoms with Gasteiger partial charge in [-0.15, -0.1) is 0 Å². The van der Waals surface area contributed by atoms with Gasteiger partial charge in [0.25, 0.3) is 0 Å². The molecule has 3 N–H and O–H groups in total. The van der Waals surface area contributed by atoms with E-state index in [9.17, 15) is 17.6 Å². The average molecular weight is 236 g/mol. The third-order valence-corrected chi connectivity index (χ3v) is 2.31. The second-order valence-electron chi connectivity index (χ2n) is 3.36. The first kappa shape index (κ1) is 12.9. The topological polar surface area (TPSA) is 38.0 Å². The molecule has 1 aromatic rings. The molecule has 0 aliphatic carbocycles. The molecular weight excluding hydrogens is 224 g/mol. The fraction of sp³-hybridized carbons (Fsp3) is 0.400. The van der Waals surface area contributed by atoms with E-state index in [-0.39, 0.29) is 5.56 Å². The minimum Gasteiger partial charge on any atom is -0.271 e. The molecular formula is C10H12F4N2. The van der Waals surface area contributed by atoms with E-state index in [4.69, 9.17) is 5.84 Å². The summed E-state index contributed by atoms with van der Waals surface area (Å²) >= 11 is 0. The summed E-state index contributed by atoms with van der Waals surface area (Å²) < 4.78 is 50.7. The molecule has 0 aromatic heterocycles. The van der Waals surface area contributed by atoms with Gasteiger partial charge in [0.2, 0.25) is 0 Å². The lowest BCUT2D eigenvalue weighted by Crippen LogP contribution is -2.29. The highest BCUT2D eigenvalue weighted by Gasteiger charge is 2.35. The molecule has 0 heterocycles. The molecule has 90 valence electrons. The number of hydrogen-bond donors (Lipinski definition) is 2. The maximum absolute atomic E-state index is 12.8. The van der Waals surface area contributed by atoms with Crippen molar-refractivity contribution in [3.8, 4) is 0 Å². The van der Waals surface area contributed by atoms with Crippen molar-refractivity contribution >= 4 is 0 Å². The lowest BCUT2D eigenvalue weighted by Gasteiger charge is -2.19. The summed E-state index contributed by atoms with van der Waals surface area (Å²) in [4.78, 5) is 0. The van der Waals surface area contributed by atoms with Gasteiger partial charge in [-0.25, -0.2) is 4.39 Å². The number of benzene rings is 1. The van der Waals surface area contributed by atoms with Crippen molar-refractivity contribution in [2.75, 3.05) is 0 Å². The molecule has 0 fully saturated rings. The standard InChI is InChI=1S/C10H12F4N2/c1-2-9(16-15)7-4-3-6(11)5-8(7)10(12,13)14/h3-5,9,16H,2,15H2,1H3/t9-/m0/s1. The van der Waals surface area contributed by atoms with Crippen molar-refractivity contribution in [2.45, 2.75) is 25.6 Å². The zero-order valence-corrected chi connectivity index (χ0v) is 8.61. The predicted molar refractivity (Wildman–Crippen MR) is 51.8 cm³/mol. The van der Waals surface area contributed by atoms with Crippen LogP contribution in [0, 0.1) is 5.82 Å². The zero-order chi connectivity index (χ0) is 12.3. The van der Waals surface area contributed by atoms with Crippen LogP contribution in [0.2, 0.25) is 0 Å². The van der Waals surface area contributed by atoms with Gasteiger partial charge in [0, 0.05) is 6.04 Å². The molecule has 0 saturated carbocycles. The number of hydrogen-bond acceptors (Lipinski definition) is 2. The molecule has 2 nitrogen and oxygen atoms in total. The molecule has 0 bridgehead atoms. The van der Waals surface area contributed by atoms with E-state index in [1.54, 1.807) is 6.92 Å². The third-order valence-electron chi connectivity index (χ3n) is 2.31. The van der Waals surface area contributed by atoms with Crippen molar-refractivity contribution in [1.29, 1.82) is 0 Å². The van der Waals surface area contributed by atoms with Gasteiger partial charge in [-0.1, -0.05) is 13.0 Å². The van der Waals surface area contributed by atoms with Gasteiger partial charge in [0.15, 0.2) is 0 Å². The quantitative estimate of drug-likeness (QED) is 0.481. The van der Waals surface area contributed by atoms with Crippen molar-refractivity contribution < 1.29 is 17.6 Å². The van der Waals surface area contributed by atoms with Crippen LogP contribution in [0.25, 0.3) is 0 Å². The highest BCUT2D eigenvalue weighted by atomic mass is 19.4. The van der Waals surface area contributed by atoms with Crippen LogP contribution in [0.1, 0.15) is 30.5 Å². The van der Waals surface area contributed by atoms with Crippen molar-refractivity contribution in [3.05, 3.63) is 35.1 Å². The van der Waals surface area contributed by atoms with E-state index < -0.39 is 23.6 Å². The minimum absolute atomic E-state index is 0.0427. The second kappa shape index (κ2) is 4.80. The summed E-state index contributed by atoms with van der Waals surface area (Å²) in [6, 6.07) is 1.93. The van der Waals surface area contributed by atoms with Crippen molar-refractivity contribution in [2.24, 2.45) is 5.84 Å². The van der Waals surface area contributed by atoms with Gasteiger partial charge in [0.1, 0.15) is 5.82 Å². The minimum atomic E-state index is -4.58. The molecule has 1 aromatic carbocycles. The number of alkyl halides is 3. The van der Waals surface area contributed by atoms with Gasteiger partial charge in [0.05, 0.1) is 5.56 Å². The Labute approximate surface area is 90.4 Å². The Morgan fingerprint density at radius 3 is 2.44 bits per heavy atom. The Morgan fingerprint density at radius 2 is 2.00 bits per heavy atom. The normalized spacial score (nSPS) is 13.9. The van der Waals surface area contributed by atoms with Gasteiger partial charge in [-0.3, -0.25) is 11.3 Å². The Balaban J connectivity index is 3.27. The molecule has 16 heavy (non-hydrogen) atoms. The molecule has 1 rings (SSSR count). The van der Waals surface area contributed by atoms with Crippen LogP contribution in [-0.4, -0.2) is 0 Å². The average Bonchev–Trinajstić information content (AvgIpc) is 2.20. The van der Waals surface area contributed by atoms with E-state index in [2.05, 4.69) is 5.43 Å². The Kier molecular flexibility index (Phi) is 3.88. The first-order valence-electron chi connectivity index (χ1n) is 4.73. The summed E-state index contributed by atoms with van der Waals surface area (Å²) in [6.07, 6.45) is -4.20. The van der Waals surface area contributed by atoms with E-state index in [0.717, 1.165) is 12.1 Å². The molecule has 0 aliphatic heterocycles. The smallest absolute Gasteiger partial charge is 0.271 e. The SMILES string of the molecule is CC[C@H](NN)c1ccc(F)cc1C(F)(F)F. The second-order valence-corrected chi connectivity index (χ2v) is 3.36. The molecule has 0 aliphatic rings. The Bertz CT molecular complexity index is 358. The molecule has 0 amide bonds. The lowest BCUT2D eigenvalue weighted by atomic mass is 9.98. The molecule has 0 spiro atoms. The lowest BCUT2D eigenvalue weighted by molar-refractivity contribution is -0.138. The van der Waals surface area contributed by atoms with Crippen LogP contribution in [-0.2, 0) is 6.18 Å². The van der Waals surface area contributed by atoms with Gasteiger partial charge in [-0.05, 0) is 24.1 Å². The van der Waals surface area contributed by atoms with Gasteiger partial charge < -0.3 is 0 Å². The van der Waals surface area contributed by atoms with E-state index in [1.165, 1.54) is 0 Å². The van der Waals surface area contributed by atoms with E-state index in [1.807, 2.05) is 0 Å². The summed E-state index contributed by atoms with van der Waals surface area (Å²) in [5.41, 5.74) is 1.25. The Hall–Kier alpha value is -1.14. The predicted octanol–water partition coefficient (Wildman–Crippen LogP) is 2.76. The number of halogens is 4. The fourth-order valence-corrected chi connectivity index (χ4v) is 1.51.